The number of rotatable bonds is 17. The van der Waals surface area contributed by atoms with Crippen molar-refractivity contribution >= 4 is 35.6 Å². The largest absolute Gasteiger partial charge is 0.493 e. The summed E-state index contributed by atoms with van der Waals surface area (Å²) in [6, 6.07) is 7.52. The molecular weight excluding hydrogens is 684 g/mol. The molecule has 5 aliphatic rings. The lowest BCUT2D eigenvalue weighted by molar-refractivity contribution is -0.0153. The Morgan fingerprint density at radius 1 is 0.685 bits per heavy atom. The van der Waals surface area contributed by atoms with E-state index < -0.39 is 0 Å². The third-order valence-corrected chi connectivity index (χ3v) is 11.7. The van der Waals surface area contributed by atoms with Crippen LogP contribution < -0.4 is 18.9 Å². The van der Waals surface area contributed by atoms with Gasteiger partial charge in [-0.2, -0.15) is 0 Å². The second-order valence-electron chi connectivity index (χ2n) is 15.2. The topological polar surface area (TPSA) is 109 Å². The van der Waals surface area contributed by atoms with Crippen LogP contribution in [-0.2, 0) is 0 Å². The quantitative estimate of drug-likeness (QED) is 0.161. The highest BCUT2D eigenvalue weighted by Crippen LogP contribution is 2.40. The lowest BCUT2D eigenvalue weighted by Crippen LogP contribution is -2.52. The Bertz CT molecular complexity index is 1690. The van der Waals surface area contributed by atoms with E-state index in [-0.39, 0.29) is 30.1 Å². The molecule has 12 nitrogen and oxygen atoms in total. The van der Waals surface area contributed by atoms with Gasteiger partial charge in [-0.15, -0.1) is 0 Å². The molecule has 12 heteroatoms. The average Bonchev–Trinajstić information content (AvgIpc) is 3.83. The zero-order chi connectivity index (χ0) is 37.4. The number of carbonyl (C=O) groups excluding carboxylic acids is 2. The molecule has 3 saturated heterocycles. The highest BCUT2D eigenvalue weighted by atomic mass is 16.5. The molecule has 2 aromatic carbocycles. The summed E-state index contributed by atoms with van der Waals surface area (Å²) in [5.74, 6) is 2.50. The Hall–Kier alpha value is -4.16. The van der Waals surface area contributed by atoms with Crippen molar-refractivity contribution in [3.63, 3.8) is 0 Å². The Morgan fingerprint density at radius 3 is 1.89 bits per heavy atom. The standard InChI is InChI=1S/C42H58N6O6/c1-4-5-8-15-40(54-39-27-35-33(25-37(39)52-3)42(50)48-18-12-14-31(48)29-44-35)46-21-19-45(20-22-46)16-9-6-7-10-23-53-38-26-34-32(24-36(38)51-2)41(49)47-17-11-13-30(47)28-43-34/h24-31,40H,4-23H2,1-3H3/t30-,31-,40?/m0/s1. The predicted octanol–water partition coefficient (Wildman–Crippen LogP) is 6.89. The molecule has 1 unspecified atom stereocenters. The van der Waals surface area contributed by atoms with Crippen molar-refractivity contribution < 1.29 is 28.5 Å². The molecule has 3 atom stereocenters. The van der Waals surface area contributed by atoms with Crippen molar-refractivity contribution in [2.45, 2.75) is 102 Å². The summed E-state index contributed by atoms with van der Waals surface area (Å²) in [5, 5.41) is 0. The van der Waals surface area contributed by atoms with Crippen LogP contribution in [0.3, 0.4) is 0 Å². The third-order valence-electron chi connectivity index (χ3n) is 11.7. The van der Waals surface area contributed by atoms with E-state index in [0.29, 0.717) is 52.1 Å². The molecule has 0 aromatic heterocycles. The van der Waals surface area contributed by atoms with Gasteiger partial charge in [0.15, 0.2) is 29.2 Å². The summed E-state index contributed by atoms with van der Waals surface area (Å²) in [5.41, 5.74) is 2.49. The number of ether oxygens (including phenoxy) is 4. The fourth-order valence-electron chi connectivity index (χ4n) is 8.50. The van der Waals surface area contributed by atoms with Gasteiger partial charge in [0.1, 0.15) is 0 Å². The molecular formula is C42H58N6O6. The van der Waals surface area contributed by atoms with E-state index in [4.69, 9.17) is 23.9 Å². The molecule has 292 valence electrons. The van der Waals surface area contributed by atoms with Gasteiger partial charge in [-0.25, -0.2) is 0 Å². The maximum atomic E-state index is 13.4. The molecule has 0 N–H and O–H groups in total. The molecule has 0 radical (unpaired) electrons. The van der Waals surface area contributed by atoms with E-state index in [0.717, 1.165) is 123 Å². The SMILES string of the molecule is CCCCCC(Oc1cc2c(cc1OC)C(=O)N1CCC[C@H]1C=N2)N1CCN(CCCCCCOc2cc3c(cc2OC)C(=O)N2CCC[C@H]2C=N3)CC1. The first kappa shape index (κ1) is 38.1. The summed E-state index contributed by atoms with van der Waals surface area (Å²) in [6.07, 6.45) is 16.4. The minimum Gasteiger partial charge on any atom is -0.493 e. The Morgan fingerprint density at radius 2 is 1.28 bits per heavy atom. The fraction of sp³-hybridized carbons (Fsp3) is 0.619. The van der Waals surface area contributed by atoms with E-state index >= 15 is 0 Å². The van der Waals surface area contributed by atoms with Crippen molar-refractivity contribution in [2.75, 3.05) is 66.6 Å². The van der Waals surface area contributed by atoms with Gasteiger partial charge in [0.25, 0.3) is 11.8 Å². The molecule has 7 rings (SSSR count). The lowest BCUT2D eigenvalue weighted by atomic mass is 10.1. The summed E-state index contributed by atoms with van der Waals surface area (Å²) < 4.78 is 24.3. The summed E-state index contributed by atoms with van der Waals surface area (Å²) >= 11 is 0. The molecule has 0 spiro atoms. The molecule has 5 heterocycles. The molecule has 54 heavy (non-hydrogen) atoms. The van der Waals surface area contributed by atoms with Gasteiger partial charge < -0.3 is 33.6 Å². The smallest absolute Gasteiger partial charge is 0.256 e. The maximum Gasteiger partial charge on any atom is 0.256 e. The molecule has 2 aromatic rings. The Labute approximate surface area is 320 Å². The summed E-state index contributed by atoms with van der Waals surface area (Å²) in [7, 11) is 3.26. The van der Waals surface area contributed by atoms with Crippen molar-refractivity contribution in [1.82, 2.24) is 19.6 Å². The van der Waals surface area contributed by atoms with Crippen LogP contribution >= 0.6 is 0 Å². The van der Waals surface area contributed by atoms with Gasteiger partial charge in [-0.05, 0) is 70.0 Å². The highest BCUT2D eigenvalue weighted by Gasteiger charge is 2.34. The zero-order valence-electron chi connectivity index (χ0n) is 32.5. The predicted molar refractivity (Wildman–Crippen MR) is 211 cm³/mol. The molecule has 0 saturated carbocycles. The monoisotopic (exact) mass is 742 g/mol. The highest BCUT2D eigenvalue weighted by molar-refractivity contribution is 6.04. The zero-order valence-corrected chi connectivity index (χ0v) is 32.5. The van der Waals surface area contributed by atoms with Gasteiger partial charge in [-0.1, -0.05) is 32.6 Å². The van der Waals surface area contributed by atoms with Crippen LogP contribution in [0.25, 0.3) is 0 Å². The number of amides is 2. The number of piperazine rings is 1. The number of fused-ring (bicyclic) bond motifs is 4. The minimum absolute atomic E-state index is 0.0213. The van der Waals surface area contributed by atoms with E-state index in [2.05, 4.69) is 21.7 Å². The third kappa shape index (κ3) is 8.54. The van der Waals surface area contributed by atoms with Crippen LogP contribution in [0.1, 0.15) is 105 Å². The number of benzene rings is 2. The Balaban J connectivity index is 0.866. The van der Waals surface area contributed by atoms with Crippen molar-refractivity contribution in [1.29, 1.82) is 0 Å². The number of carbonyl (C=O) groups is 2. The van der Waals surface area contributed by atoms with Crippen LogP contribution in [0.5, 0.6) is 23.0 Å². The summed E-state index contributed by atoms with van der Waals surface area (Å²) in [4.78, 5) is 44.8. The van der Waals surface area contributed by atoms with Crippen molar-refractivity contribution in [3.8, 4) is 23.0 Å². The fourth-order valence-corrected chi connectivity index (χ4v) is 8.50. The van der Waals surface area contributed by atoms with Gasteiger partial charge >= 0.3 is 0 Å². The van der Waals surface area contributed by atoms with Crippen molar-refractivity contribution in [3.05, 3.63) is 35.4 Å². The first-order valence-electron chi connectivity index (χ1n) is 20.4. The van der Waals surface area contributed by atoms with Crippen molar-refractivity contribution in [2.24, 2.45) is 9.98 Å². The van der Waals surface area contributed by atoms with Crippen LogP contribution in [0.2, 0.25) is 0 Å². The van der Waals surface area contributed by atoms with Gasteiger partial charge in [0.05, 0.1) is 55.4 Å². The van der Waals surface area contributed by atoms with Crippen LogP contribution in [0.4, 0.5) is 11.4 Å². The molecule has 0 bridgehead atoms. The summed E-state index contributed by atoms with van der Waals surface area (Å²) in [6.45, 7) is 9.36. The van der Waals surface area contributed by atoms with E-state index in [1.165, 1.54) is 0 Å². The van der Waals surface area contributed by atoms with E-state index in [1.54, 1.807) is 20.3 Å². The number of nitrogens with zero attached hydrogens (tertiary/aromatic N) is 6. The van der Waals surface area contributed by atoms with Crippen LogP contribution in [0.15, 0.2) is 34.3 Å². The molecule has 0 aliphatic carbocycles. The molecule has 5 aliphatic heterocycles. The Kier molecular flexibility index (Phi) is 12.7. The minimum atomic E-state index is -0.0674. The van der Waals surface area contributed by atoms with E-state index in [1.807, 2.05) is 40.4 Å². The number of hydrogen-bond acceptors (Lipinski definition) is 10. The maximum absolute atomic E-state index is 13.4. The molecule has 3 fully saturated rings. The number of unbranched alkanes of at least 4 members (excludes halogenated alkanes) is 5. The number of hydrogen-bond donors (Lipinski definition) is 0. The average molecular weight is 743 g/mol. The van der Waals surface area contributed by atoms with Gasteiger partial charge in [-0.3, -0.25) is 24.5 Å². The van der Waals surface area contributed by atoms with Crippen LogP contribution in [0, 0.1) is 0 Å². The normalized spacial score (nSPS) is 21.6. The number of methoxy groups -OCH3 is 2. The van der Waals surface area contributed by atoms with Gasteiger partial charge in [0, 0.05) is 63.8 Å². The number of aliphatic imine (C=N–C) groups is 2. The van der Waals surface area contributed by atoms with Crippen LogP contribution in [-0.4, -0.2) is 129 Å². The second-order valence-corrected chi connectivity index (χ2v) is 15.2. The van der Waals surface area contributed by atoms with E-state index in [9.17, 15) is 9.59 Å². The lowest BCUT2D eigenvalue weighted by Gasteiger charge is -2.39. The first-order chi connectivity index (χ1) is 26.5. The second kappa shape index (κ2) is 18.0. The molecule has 2 amide bonds. The first-order valence-corrected chi connectivity index (χ1v) is 20.4. The van der Waals surface area contributed by atoms with Gasteiger partial charge in [0.2, 0.25) is 0 Å².